The maximum atomic E-state index is 12.3. The largest absolute Gasteiger partial charge is 0.485 e. The highest BCUT2D eigenvalue weighted by Crippen LogP contribution is 2.33. The second-order valence-corrected chi connectivity index (χ2v) is 9.52. The number of nitrogens with zero attached hydrogens (tertiary/aromatic N) is 3. The van der Waals surface area contributed by atoms with Crippen LogP contribution in [0.5, 0.6) is 5.75 Å². The van der Waals surface area contributed by atoms with Gasteiger partial charge >= 0.3 is 0 Å². The van der Waals surface area contributed by atoms with Crippen molar-refractivity contribution in [1.29, 1.82) is 0 Å². The molecule has 8 heteroatoms. The molecule has 0 bridgehead atoms. The van der Waals surface area contributed by atoms with E-state index in [0.717, 1.165) is 63.6 Å². The van der Waals surface area contributed by atoms with Gasteiger partial charge in [0.1, 0.15) is 16.2 Å². The monoisotopic (exact) mass is 497 g/mol. The van der Waals surface area contributed by atoms with Gasteiger partial charge in [-0.3, -0.25) is 19.5 Å². The van der Waals surface area contributed by atoms with Crippen molar-refractivity contribution < 1.29 is 14.0 Å². The maximum Gasteiger partial charge on any atom is 0.226 e. The van der Waals surface area contributed by atoms with Crippen LogP contribution in [0, 0.1) is 0 Å². The van der Waals surface area contributed by atoms with Crippen molar-refractivity contribution in [2.24, 2.45) is 0 Å². The highest BCUT2D eigenvalue weighted by Gasteiger charge is 2.50. The highest BCUT2D eigenvalue weighted by molar-refractivity contribution is 8.13. The Morgan fingerprint density at radius 2 is 1.39 bits per heavy atom. The Kier molecular flexibility index (Phi) is 15.2. The fourth-order valence-electron chi connectivity index (χ4n) is 4.90. The van der Waals surface area contributed by atoms with Gasteiger partial charge in [0.2, 0.25) is 5.12 Å². The van der Waals surface area contributed by atoms with Gasteiger partial charge in [-0.1, -0.05) is 71.5 Å². The van der Waals surface area contributed by atoms with Gasteiger partial charge < -0.3 is 9.16 Å². The molecule has 0 saturated heterocycles. The average Bonchev–Trinajstić information content (AvgIpc) is 2.85. The molecule has 0 aliphatic heterocycles. The van der Waals surface area contributed by atoms with E-state index in [2.05, 4.69) is 56.2 Å². The first-order valence-corrected chi connectivity index (χ1v) is 14.4. The third-order valence-corrected chi connectivity index (χ3v) is 7.88. The zero-order valence-corrected chi connectivity index (χ0v) is 24.8. The summed E-state index contributed by atoms with van der Waals surface area (Å²) in [7, 11) is 0.684. The van der Waals surface area contributed by atoms with Crippen LogP contribution in [0.3, 0.4) is 0 Å². The molecule has 1 aromatic carbocycles. The first kappa shape index (κ1) is 30.1. The third-order valence-electron chi connectivity index (χ3n) is 6.38. The number of hydrogen-bond donors (Lipinski definition) is 0. The number of benzene rings is 1. The van der Waals surface area contributed by atoms with E-state index < -0.39 is 0 Å². The van der Waals surface area contributed by atoms with E-state index in [1.54, 1.807) is 0 Å². The minimum atomic E-state index is -0.274. The number of hydrogen-bond acceptors (Lipinski definition) is 7. The van der Waals surface area contributed by atoms with Crippen LogP contribution < -0.4 is 4.74 Å². The number of ether oxygens (including phenoxy) is 1. The predicted molar refractivity (Wildman–Crippen MR) is 145 cm³/mol. The zero-order chi connectivity index (χ0) is 24.7. The molecule has 0 aliphatic carbocycles. The number of thioether (sulfide) groups is 1. The first-order chi connectivity index (χ1) is 16.0. The Hall–Kier alpha value is -0.903. The standard InChI is InChI=1S/C25H47N3O3SSi/c1-7-26(8-2)25(27(9-3)10-4,28(11-5)12-6)23(31-33)19-16-20-32-24(29)21-30-22-17-14-13-15-18-22/h13-15,17-18,23H,7-12,16,19-21H2,1-6,33H3. The summed E-state index contributed by atoms with van der Waals surface area (Å²) in [6.07, 6.45) is 1.92. The molecule has 0 spiro atoms. The molecule has 0 heterocycles. The number of carbonyl (C=O) groups excluding carboxylic acids is 1. The lowest BCUT2D eigenvalue weighted by Crippen LogP contribution is -2.75. The summed E-state index contributed by atoms with van der Waals surface area (Å²) < 4.78 is 12.0. The smallest absolute Gasteiger partial charge is 0.226 e. The van der Waals surface area contributed by atoms with Crippen LogP contribution in [-0.2, 0) is 9.22 Å². The summed E-state index contributed by atoms with van der Waals surface area (Å²) >= 11 is 1.37. The molecule has 0 N–H and O–H groups in total. The molecule has 190 valence electrons. The lowest BCUT2D eigenvalue weighted by molar-refractivity contribution is -0.214. The Balaban J connectivity index is 2.89. The van der Waals surface area contributed by atoms with Crippen molar-refractivity contribution in [2.45, 2.75) is 66.3 Å². The molecule has 0 aliphatic rings. The Bertz CT molecular complexity index is 610. The number of rotatable bonds is 18. The highest BCUT2D eigenvalue weighted by atomic mass is 32.2. The summed E-state index contributed by atoms with van der Waals surface area (Å²) in [5, 5.41) is 0.0738. The van der Waals surface area contributed by atoms with Crippen LogP contribution in [0.25, 0.3) is 0 Å². The molecule has 1 unspecified atom stereocenters. The van der Waals surface area contributed by atoms with Crippen molar-refractivity contribution in [3.05, 3.63) is 30.3 Å². The molecule has 1 rings (SSSR count). The van der Waals surface area contributed by atoms with Gasteiger partial charge in [-0.05, 0) is 64.2 Å². The van der Waals surface area contributed by atoms with Gasteiger partial charge in [0.05, 0.1) is 6.10 Å². The molecular formula is C25H47N3O3SSi. The fraction of sp³-hybridized carbons (Fsp3) is 0.720. The summed E-state index contributed by atoms with van der Waals surface area (Å²) in [6.45, 7) is 19.4. The summed E-state index contributed by atoms with van der Waals surface area (Å²) in [6, 6.07) is 9.51. The van der Waals surface area contributed by atoms with E-state index in [4.69, 9.17) is 9.16 Å². The number of carbonyl (C=O) groups is 1. The quantitative estimate of drug-likeness (QED) is 0.175. The Morgan fingerprint density at radius 1 is 0.909 bits per heavy atom. The molecule has 0 fully saturated rings. The first-order valence-electron chi connectivity index (χ1n) is 12.6. The lowest BCUT2D eigenvalue weighted by Gasteiger charge is -2.59. The zero-order valence-electron chi connectivity index (χ0n) is 22.0. The van der Waals surface area contributed by atoms with Crippen molar-refractivity contribution in [1.82, 2.24) is 14.7 Å². The van der Waals surface area contributed by atoms with E-state index in [0.29, 0.717) is 10.5 Å². The predicted octanol–water partition coefficient (Wildman–Crippen LogP) is 3.45. The lowest BCUT2D eigenvalue weighted by atomic mass is 10.00. The molecule has 1 atom stereocenters. The van der Waals surface area contributed by atoms with Gasteiger partial charge in [0.15, 0.2) is 12.4 Å². The van der Waals surface area contributed by atoms with Gasteiger partial charge in [-0.25, -0.2) is 0 Å². The fourth-order valence-corrected chi connectivity index (χ4v) is 6.14. The van der Waals surface area contributed by atoms with Gasteiger partial charge in [0, 0.05) is 5.75 Å². The van der Waals surface area contributed by atoms with Gasteiger partial charge in [0.25, 0.3) is 0 Å². The topological polar surface area (TPSA) is 45.3 Å². The summed E-state index contributed by atoms with van der Waals surface area (Å²) in [5.74, 6) is 1.24. The van der Waals surface area contributed by atoms with Crippen molar-refractivity contribution in [3.8, 4) is 5.75 Å². The van der Waals surface area contributed by atoms with E-state index in [1.165, 1.54) is 11.8 Å². The van der Waals surface area contributed by atoms with E-state index in [9.17, 15) is 4.79 Å². The van der Waals surface area contributed by atoms with Gasteiger partial charge in [-0.15, -0.1) is 0 Å². The number of likely N-dealkylation sites (N-methyl/N-ethyl adjacent to an activating group) is 3. The van der Waals surface area contributed by atoms with Crippen LogP contribution >= 0.6 is 11.8 Å². The van der Waals surface area contributed by atoms with Crippen LogP contribution in [0.1, 0.15) is 54.4 Å². The minimum absolute atomic E-state index is 0.0696. The molecule has 0 radical (unpaired) electrons. The van der Waals surface area contributed by atoms with Crippen LogP contribution in [0.2, 0.25) is 0 Å². The molecule has 6 nitrogen and oxygen atoms in total. The van der Waals surface area contributed by atoms with Crippen LogP contribution in [0.4, 0.5) is 0 Å². The third kappa shape index (κ3) is 8.08. The summed E-state index contributed by atoms with van der Waals surface area (Å²) in [4.78, 5) is 20.0. The Labute approximate surface area is 209 Å². The van der Waals surface area contributed by atoms with Crippen molar-refractivity contribution in [3.63, 3.8) is 0 Å². The van der Waals surface area contributed by atoms with E-state index in [1.807, 2.05) is 30.3 Å². The maximum absolute atomic E-state index is 12.3. The summed E-state index contributed by atoms with van der Waals surface area (Å²) in [5.41, 5.74) is 0. The molecular weight excluding hydrogens is 450 g/mol. The number of para-hydroxylation sites is 1. The average molecular weight is 498 g/mol. The van der Waals surface area contributed by atoms with Crippen LogP contribution in [0.15, 0.2) is 30.3 Å². The molecule has 0 amide bonds. The molecule has 0 aromatic heterocycles. The normalized spacial score (nSPS) is 13.2. The second-order valence-electron chi connectivity index (χ2n) is 7.89. The molecule has 1 aromatic rings. The van der Waals surface area contributed by atoms with Crippen LogP contribution in [-0.4, -0.2) is 93.8 Å². The van der Waals surface area contributed by atoms with Crippen molar-refractivity contribution in [2.75, 3.05) is 51.6 Å². The molecule has 33 heavy (non-hydrogen) atoms. The minimum Gasteiger partial charge on any atom is -0.485 e. The van der Waals surface area contributed by atoms with Crippen molar-refractivity contribution >= 4 is 27.4 Å². The van der Waals surface area contributed by atoms with E-state index in [-0.39, 0.29) is 23.6 Å². The second kappa shape index (κ2) is 16.7. The Morgan fingerprint density at radius 3 is 1.82 bits per heavy atom. The van der Waals surface area contributed by atoms with E-state index >= 15 is 0 Å². The molecule has 0 saturated carbocycles. The van der Waals surface area contributed by atoms with Gasteiger partial charge in [-0.2, -0.15) is 0 Å². The SMILES string of the molecule is CCN(CC)C(C(CCCSC(=O)COc1ccccc1)O[SiH3])(N(CC)CC)N(CC)CC.